The van der Waals surface area contributed by atoms with E-state index in [1.54, 1.807) is 0 Å². The van der Waals surface area contributed by atoms with Gasteiger partial charge >= 0.3 is 0 Å². The molecule has 3 heterocycles. The van der Waals surface area contributed by atoms with Crippen molar-refractivity contribution >= 4 is 22.5 Å². The Morgan fingerprint density at radius 2 is 1.83 bits per heavy atom. The molecule has 4 nitrogen and oxygen atoms in total. The van der Waals surface area contributed by atoms with Gasteiger partial charge in [0.05, 0.1) is 11.7 Å². The Labute approximate surface area is 176 Å². The molecule has 5 rings (SSSR count). The topological polar surface area (TPSA) is 26.0 Å². The maximum absolute atomic E-state index is 6.35. The van der Waals surface area contributed by atoms with Gasteiger partial charge in [0.1, 0.15) is 0 Å². The summed E-state index contributed by atoms with van der Waals surface area (Å²) in [4.78, 5) is 2.39. The first-order chi connectivity index (χ1) is 14.2. The first-order valence-corrected chi connectivity index (χ1v) is 10.6. The molecule has 0 spiro atoms. The molecule has 1 aliphatic heterocycles. The highest BCUT2D eigenvalue weighted by molar-refractivity contribution is 6.31. The third-order valence-corrected chi connectivity index (χ3v) is 6.40. The maximum atomic E-state index is 6.35. The Kier molecular flexibility index (Phi) is 4.90. The molecule has 5 heteroatoms. The predicted octanol–water partition coefficient (Wildman–Crippen LogP) is 5.47. The van der Waals surface area contributed by atoms with Gasteiger partial charge in [-0.05, 0) is 68.9 Å². The number of likely N-dealkylation sites (tertiary alicyclic amines) is 1. The van der Waals surface area contributed by atoms with Crippen LogP contribution in [0.25, 0.3) is 22.2 Å². The van der Waals surface area contributed by atoms with Crippen molar-refractivity contribution < 1.29 is 0 Å². The van der Waals surface area contributed by atoms with Crippen LogP contribution in [0.3, 0.4) is 0 Å². The van der Waals surface area contributed by atoms with Crippen molar-refractivity contribution in [2.45, 2.75) is 25.4 Å². The van der Waals surface area contributed by atoms with Crippen LogP contribution in [0, 0.1) is 0 Å². The molecule has 2 aromatic carbocycles. The number of fused-ring (bicyclic) bond motifs is 1. The van der Waals surface area contributed by atoms with Gasteiger partial charge in [0.25, 0.3) is 0 Å². The van der Waals surface area contributed by atoms with Crippen LogP contribution in [0.1, 0.15) is 24.4 Å². The summed E-state index contributed by atoms with van der Waals surface area (Å²) in [6, 6.07) is 19.5. The van der Waals surface area contributed by atoms with Crippen molar-refractivity contribution in [3.63, 3.8) is 0 Å². The molecule has 0 radical (unpaired) electrons. The Morgan fingerprint density at radius 3 is 2.66 bits per heavy atom. The van der Waals surface area contributed by atoms with Gasteiger partial charge in [-0.3, -0.25) is 4.68 Å². The van der Waals surface area contributed by atoms with E-state index in [1.165, 1.54) is 29.3 Å². The minimum Gasteiger partial charge on any atom is -0.343 e. The highest BCUT2D eigenvalue weighted by atomic mass is 35.5. The highest BCUT2D eigenvalue weighted by Crippen LogP contribution is 2.28. The molecule has 1 fully saturated rings. The number of aromatic nitrogens is 3. The molecule has 148 valence electrons. The standard InChI is InChI=1S/C24H25ClN4/c1-27-12-9-21(10-13-27)29-15-11-23(26-29)18-6-7-24-19(16-18)8-14-28(24)17-20-4-2-3-5-22(20)25/h2-8,11,14-16,21H,9-10,12-13,17H2,1H3. The molecule has 0 unspecified atom stereocenters. The minimum atomic E-state index is 0.514. The van der Waals surface area contributed by atoms with Crippen LogP contribution >= 0.6 is 11.6 Å². The van der Waals surface area contributed by atoms with Gasteiger partial charge in [-0.1, -0.05) is 35.9 Å². The average Bonchev–Trinajstić information content (AvgIpc) is 3.38. The average molecular weight is 405 g/mol. The lowest BCUT2D eigenvalue weighted by Gasteiger charge is -2.29. The van der Waals surface area contributed by atoms with Gasteiger partial charge in [0, 0.05) is 40.4 Å². The number of piperidine rings is 1. The molecule has 0 bridgehead atoms. The van der Waals surface area contributed by atoms with Gasteiger partial charge in [-0.25, -0.2) is 0 Å². The van der Waals surface area contributed by atoms with Crippen LogP contribution < -0.4 is 0 Å². The zero-order valence-electron chi connectivity index (χ0n) is 16.6. The minimum absolute atomic E-state index is 0.514. The lowest BCUT2D eigenvalue weighted by Crippen LogP contribution is -2.31. The molecule has 0 aliphatic carbocycles. The summed E-state index contributed by atoms with van der Waals surface area (Å²) < 4.78 is 4.41. The van der Waals surface area contributed by atoms with Crippen molar-refractivity contribution in [2.24, 2.45) is 0 Å². The molecule has 0 saturated carbocycles. The number of rotatable bonds is 4. The largest absolute Gasteiger partial charge is 0.343 e. The fourth-order valence-electron chi connectivity index (χ4n) is 4.26. The number of benzene rings is 2. The zero-order valence-corrected chi connectivity index (χ0v) is 17.4. The molecule has 4 aromatic rings. The van der Waals surface area contributed by atoms with Crippen LogP contribution in [-0.2, 0) is 6.54 Å². The monoisotopic (exact) mass is 404 g/mol. The molecule has 1 saturated heterocycles. The smallest absolute Gasteiger partial charge is 0.0923 e. The molecular formula is C24H25ClN4. The summed E-state index contributed by atoms with van der Waals surface area (Å²) in [6.07, 6.45) is 6.61. The fourth-order valence-corrected chi connectivity index (χ4v) is 4.46. The second-order valence-electron chi connectivity index (χ2n) is 8.02. The van der Waals surface area contributed by atoms with Gasteiger partial charge in [-0.15, -0.1) is 0 Å². The maximum Gasteiger partial charge on any atom is 0.0923 e. The van der Waals surface area contributed by atoms with E-state index in [4.69, 9.17) is 16.7 Å². The Morgan fingerprint density at radius 1 is 1.00 bits per heavy atom. The van der Waals surface area contributed by atoms with Crippen LogP contribution in [0.4, 0.5) is 0 Å². The lowest BCUT2D eigenvalue weighted by molar-refractivity contribution is 0.212. The Balaban J connectivity index is 1.39. The zero-order chi connectivity index (χ0) is 19.8. The van der Waals surface area contributed by atoms with E-state index in [0.29, 0.717) is 6.04 Å². The van der Waals surface area contributed by atoms with Gasteiger partial charge in [0.2, 0.25) is 0 Å². The van der Waals surface area contributed by atoms with Crippen LogP contribution in [-0.4, -0.2) is 39.4 Å². The summed E-state index contributed by atoms with van der Waals surface area (Å²) >= 11 is 6.35. The predicted molar refractivity (Wildman–Crippen MR) is 119 cm³/mol. The number of hydrogen-bond acceptors (Lipinski definition) is 2. The van der Waals surface area contributed by atoms with Crippen molar-refractivity contribution in [1.29, 1.82) is 0 Å². The van der Waals surface area contributed by atoms with E-state index in [9.17, 15) is 0 Å². The Bertz CT molecular complexity index is 1130. The second-order valence-corrected chi connectivity index (χ2v) is 8.43. The van der Waals surface area contributed by atoms with Crippen LogP contribution in [0.5, 0.6) is 0 Å². The van der Waals surface area contributed by atoms with Crippen molar-refractivity contribution in [2.75, 3.05) is 20.1 Å². The lowest BCUT2D eigenvalue weighted by atomic mass is 10.1. The summed E-state index contributed by atoms with van der Waals surface area (Å²) in [7, 11) is 2.19. The van der Waals surface area contributed by atoms with E-state index in [2.05, 4.69) is 70.0 Å². The first kappa shape index (κ1) is 18.5. The number of nitrogens with zero attached hydrogens (tertiary/aromatic N) is 4. The van der Waals surface area contributed by atoms with Gasteiger partial charge < -0.3 is 9.47 Å². The van der Waals surface area contributed by atoms with E-state index in [1.807, 2.05) is 18.2 Å². The van der Waals surface area contributed by atoms with E-state index in [0.717, 1.165) is 35.9 Å². The third kappa shape index (κ3) is 3.70. The fraction of sp³-hybridized carbons (Fsp3) is 0.292. The van der Waals surface area contributed by atoms with E-state index < -0.39 is 0 Å². The Hall–Kier alpha value is -2.56. The third-order valence-electron chi connectivity index (χ3n) is 6.04. The van der Waals surface area contributed by atoms with Gasteiger partial charge in [-0.2, -0.15) is 5.10 Å². The van der Waals surface area contributed by atoms with E-state index in [-0.39, 0.29) is 0 Å². The van der Waals surface area contributed by atoms with Crippen LogP contribution in [0.2, 0.25) is 5.02 Å². The van der Waals surface area contributed by atoms with E-state index >= 15 is 0 Å². The molecule has 29 heavy (non-hydrogen) atoms. The highest BCUT2D eigenvalue weighted by Gasteiger charge is 2.19. The number of halogens is 1. The molecule has 0 amide bonds. The normalized spacial score (nSPS) is 15.9. The molecule has 2 aromatic heterocycles. The SMILES string of the molecule is CN1CCC(n2ccc(-c3ccc4c(ccn4Cc4ccccc4Cl)c3)n2)CC1. The summed E-state index contributed by atoms with van der Waals surface area (Å²) in [5, 5.41) is 6.93. The van der Waals surface area contributed by atoms with Crippen molar-refractivity contribution in [3.05, 3.63) is 77.6 Å². The first-order valence-electron chi connectivity index (χ1n) is 10.2. The summed E-state index contributed by atoms with van der Waals surface area (Å²) in [5.41, 5.74) is 4.56. The molecule has 1 aliphatic rings. The second kappa shape index (κ2) is 7.69. The van der Waals surface area contributed by atoms with Crippen molar-refractivity contribution in [3.8, 4) is 11.3 Å². The van der Waals surface area contributed by atoms with Crippen LogP contribution in [0.15, 0.2) is 67.0 Å². The van der Waals surface area contributed by atoms with Gasteiger partial charge in [0.15, 0.2) is 0 Å². The molecule has 0 N–H and O–H groups in total. The number of hydrogen-bond donors (Lipinski definition) is 0. The molecular weight excluding hydrogens is 380 g/mol. The summed E-state index contributed by atoms with van der Waals surface area (Å²) in [6.45, 7) is 3.06. The summed E-state index contributed by atoms with van der Waals surface area (Å²) in [5.74, 6) is 0. The van der Waals surface area contributed by atoms with Crippen molar-refractivity contribution in [1.82, 2.24) is 19.2 Å². The molecule has 0 atom stereocenters. The quantitative estimate of drug-likeness (QED) is 0.450.